The molecule has 1 N–H and O–H groups in total. The monoisotopic (exact) mass is 466 g/mol. The highest BCUT2D eigenvalue weighted by molar-refractivity contribution is 5.80. The second-order valence-corrected chi connectivity index (χ2v) is 8.67. The third kappa shape index (κ3) is 4.91. The highest BCUT2D eigenvalue weighted by atomic mass is 15.5. The number of rotatable bonds is 10. The lowest BCUT2D eigenvalue weighted by atomic mass is 10.1. The third-order valence-corrected chi connectivity index (χ3v) is 6.09. The van der Waals surface area contributed by atoms with Gasteiger partial charge in [-0.15, -0.1) is 10.2 Å². The lowest BCUT2D eigenvalue weighted by Gasteiger charge is -2.11. The Morgan fingerprint density at radius 1 is 0.886 bits per heavy atom. The number of nitrogens with one attached hydrogen (secondary N) is 1. The number of H-pyrrole nitrogens is 1. The Morgan fingerprint density at radius 3 is 2.43 bits per heavy atom. The maximum Gasteiger partial charge on any atom is 0.221 e. The predicted octanol–water partition coefficient (Wildman–Crippen LogP) is 5.26. The Bertz CT molecular complexity index is 1350. The summed E-state index contributed by atoms with van der Waals surface area (Å²) in [5.41, 5.74) is 5.29. The normalized spacial score (nSPS) is 11.3. The van der Waals surface area contributed by atoms with Crippen LogP contribution in [0.3, 0.4) is 0 Å². The van der Waals surface area contributed by atoms with Crippen molar-refractivity contribution in [3.05, 3.63) is 84.1 Å². The molecule has 0 saturated heterocycles. The van der Waals surface area contributed by atoms with Crippen molar-refractivity contribution in [1.82, 2.24) is 40.0 Å². The summed E-state index contributed by atoms with van der Waals surface area (Å²) < 4.78 is 4.18. The van der Waals surface area contributed by atoms with Crippen molar-refractivity contribution in [1.29, 1.82) is 0 Å². The number of aryl methyl sites for hydroxylation is 2. The standard InChI is InChI=1S/C27H30N8/c1-3-5-12-25-28-24(9-4-2)31-35(25)19-20-13-15-22(16-14-20)34-18-17-23(21-10-7-6-8-11-21)26(34)27-29-32-33-30-27/h6-8,10-11,13-18H,3-5,9,12,19H2,1-2H3,(H,29,30,32,33). The van der Waals surface area contributed by atoms with Gasteiger partial charge in [-0.3, -0.25) is 0 Å². The lowest BCUT2D eigenvalue weighted by molar-refractivity contribution is 0.613. The zero-order valence-corrected chi connectivity index (χ0v) is 20.2. The molecule has 0 bridgehead atoms. The van der Waals surface area contributed by atoms with Crippen molar-refractivity contribution < 1.29 is 0 Å². The van der Waals surface area contributed by atoms with E-state index in [9.17, 15) is 0 Å². The minimum atomic E-state index is 0.560. The molecule has 0 aliphatic heterocycles. The van der Waals surface area contributed by atoms with E-state index in [1.165, 1.54) is 5.56 Å². The van der Waals surface area contributed by atoms with E-state index in [2.05, 4.69) is 92.4 Å². The quantitative estimate of drug-likeness (QED) is 0.303. The molecule has 8 nitrogen and oxygen atoms in total. The molecule has 0 unspecified atom stereocenters. The maximum atomic E-state index is 4.80. The number of aromatic nitrogens is 8. The van der Waals surface area contributed by atoms with Crippen molar-refractivity contribution >= 4 is 0 Å². The van der Waals surface area contributed by atoms with Crippen molar-refractivity contribution in [2.45, 2.75) is 52.5 Å². The van der Waals surface area contributed by atoms with Gasteiger partial charge in [0.1, 0.15) is 11.5 Å². The van der Waals surface area contributed by atoms with E-state index >= 15 is 0 Å². The van der Waals surface area contributed by atoms with Gasteiger partial charge in [0.2, 0.25) is 5.82 Å². The Labute approximate surface area is 205 Å². The van der Waals surface area contributed by atoms with Crippen LogP contribution < -0.4 is 0 Å². The summed E-state index contributed by atoms with van der Waals surface area (Å²) >= 11 is 0. The van der Waals surface area contributed by atoms with Crippen LogP contribution in [-0.4, -0.2) is 40.0 Å². The van der Waals surface area contributed by atoms with E-state index in [0.29, 0.717) is 12.4 Å². The number of aromatic amines is 1. The van der Waals surface area contributed by atoms with E-state index in [-0.39, 0.29) is 0 Å². The molecule has 2 aromatic carbocycles. The van der Waals surface area contributed by atoms with Crippen LogP contribution in [0.15, 0.2) is 66.9 Å². The van der Waals surface area contributed by atoms with Gasteiger partial charge in [-0.2, -0.15) is 10.3 Å². The fraction of sp³-hybridized carbons (Fsp3) is 0.296. The molecule has 0 fully saturated rings. The molecule has 178 valence electrons. The van der Waals surface area contributed by atoms with Gasteiger partial charge in [-0.1, -0.05) is 62.7 Å². The zero-order chi connectivity index (χ0) is 24.0. The van der Waals surface area contributed by atoms with Crippen molar-refractivity contribution in [3.63, 3.8) is 0 Å². The van der Waals surface area contributed by atoms with Crippen LogP contribution in [0.2, 0.25) is 0 Å². The Kier molecular flexibility index (Phi) is 6.79. The molecule has 8 heteroatoms. The predicted molar refractivity (Wildman–Crippen MR) is 136 cm³/mol. The molecule has 3 heterocycles. The summed E-state index contributed by atoms with van der Waals surface area (Å²) in [6, 6.07) is 20.9. The molecule has 0 amide bonds. The first-order chi connectivity index (χ1) is 17.3. The van der Waals surface area contributed by atoms with E-state index in [4.69, 9.17) is 10.1 Å². The molecule has 0 aliphatic rings. The zero-order valence-electron chi connectivity index (χ0n) is 20.2. The highest BCUT2D eigenvalue weighted by Gasteiger charge is 2.18. The average molecular weight is 467 g/mol. The Hall–Kier alpha value is -4.07. The number of unbranched alkanes of at least 4 members (excludes halogenated alkanes) is 1. The molecule has 35 heavy (non-hydrogen) atoms. The van der Waals surface area contributed by atoms with Gasteiger partial charge in [-0.05, 0) is 47.4 Å². The van der Waals surface area contributed by atoms with Crippen LogP contribution >= 0.6 is 0 Å². The average Bonchev–Trinajstić information content (AvgIpc) is 3.64. The molecular formula is C27H30N8. The van der Waals surface area contributed by atoms with Gasteiger partial charge in [0, 0.05) is 30.3 Å². The summed E-state index contributed by atoms with van der Waals surface area (Å²) in [7, 11) is 0. The fourth-order valence-corrected chi connectivity index (χ4v) is 4.33. The van der Waals surface area contributed by atoms with E-state index < -0.39 is 0 Å². The Morgan fingerprint density at radius 2 is 1.71 bits per heavy atom. The highest BCUT2D eigenvalue weighted by Crippen LogP contribution is 2.33. The van der Waals surface area contributed by atoms with Crippen molar-refractivity contribution in [2.24, 2.45) is 0 Å². The number of hydrogen-bond acceptors (Lipinski definition) is 5. The number of hydrogen-bond donors (Lipinski definition) is 1. The summed E-state index contributed by atoms with van der Waals surface area (Å²) in [5, 5.41) is 19.7. The number of benzene rings is 2. The molecule has 0 radical (unpaired) electrons. The third-order valence-electron chi connectivity index (χ3n) is 6.09. The molecule has 5 aromatic rings. The maximum absolute atomic E-state index is 4.80. The van der Waals surface area contributed by atoms with Gasteiger partial charge < -0.3 is 4.57 Å². The second-order valence-electron chi connectivity index (χ2n) is 8.67. The number of tetrazole rings is 1. The largest absolute Gasteiger partial charge is 0.313 e. The van der Waals surface area contributed by atoms with Gasteiger partial charge in [0.05, 0.1) is 6.54 Å². The van der Waals surface area contributed by atoms with Crippen LogP contribution in [0.1, 0.15) is 50.3 Å². The molecule has 0 aliphatic carbocycles. The van der Waals surface area contributed by atoms with Crippen LogP contribution in [0, 0.1) is 0 Å². The van der Waals surface area contributed by atoms with Gasteiger partial charge in [0.25, 0.3) is 0 Å². The first kappa shape index (κ1) is 22.7. The summed E-state index contributed by atoms with van der Waals surface area (Å²) in [4.78, 5) is 4.80. The molecule has 0 atom stereocenters. The lowest BCUT2D eigenvalue weighted by Crippen LogP contribution is -2.07. The minimum Gasteiger partial charge on any atom is -0.313 e. The van der Waals surface area contributed by atoms with Gasteiger partial charge in [0.15, 0.2) is 5.82 Å². The van der Waals surface area contributed by atoms with Crippen molar-refractivity contribution in [3.8, 4) is 28.3 Å². The smallest absolute Gasteiger partial charge is 0.221 e. The van der Waals surface area contributed by atoms with E-state index in [1.54, 1.807) is 0 Å². The van der Waals surface area contributed by atoms with E-state index in [0.717, 1.165) is 66.3 Å². The first-order valence-electron chi connectivity index (χ1n) is 12.3. The fourth-order valence-electron chi connectivity index (χ4n) is 4.33. The van der Waals surface area contributed by atoms with Crippen LogP contribution in [0.5, 0.6) is 0 Å². The molecule has 3 aromatic heterocycles. The van der Waals surface area contributed by atoms with Gasteiger partial charge >= 0.3 is 0 Å². The molecule has 5 rings (SSSR count). The Balaban J connectivity index is 1.45. The summed E-state index contributed by atoms with van der Waals surface area (Å²) in [5.74, 6) is 2.59. The van der Waals surface area contributed by atoms with Crippen LogP contribution in [0.25, 0.3) is 28.3 Å². The second kappa shape index (κ2) is 10.5. The molecule has 0 spiro atoms. The SMILES string of the molecule is CCCCc1nc(CCC)nn1Cc1ccc(-n2ccc(-c3ccccc3)c2-c2nn[nH]n2)cc1. The molecular weight excluding hydrogens is 436 g/mol. The number of nitrogens with zero attached hydrogens (tertiary/aromatic N) is 7. The topological polar surface area (TPSA) is 90.1 Å². The first-order valence-corrected chi connectivity index (χ1v) is 12.3. The van der Waals surface area contributed by atoms with Gasteiger partial charge in [-0.25, -0.2) is 9.67 Å². The van der Waals surface area contributed by atoms with E-state index in [1.807, 2.05) is 18.2 Å². The minimum absolute atomic E-state index is 0.560. The van der Waals surface area contributed by atoms with Crippen LogP contribution in [0.4, 0.5) is 0 Å². The summed E-state index contributed by atoms with van der Waals surface area (Å²) in [6.07, 6.45) is 7.26. The van der Waals surface area contributed by atoms with Crippen LogP contribution in [-0.2, 0) is 19.4 Å². The summed E-state index contributed by atoms with van der Waals surface area (Å²) in [6.45, 7) is 5.09. The van der Waals surface area contributed by atoms with Crippen molar-refractivity contribution in [2.75, 3.05) is 0 Å². The molecule has 0 saturated carbocycles.